The summed E-state index contributed by atoms with van der Waals surface area (Å²) in [6, 6.07) is 3.62. The van der Waals surface area contributed by atoms with Gasteiger partial charge in [-0.3, -0.25) is 4.79 Å². The van der Waals surface area contributed by atoms with Crippen molar-refractivity contribution in [2.24, 2.45) is 5.73 Å². The number of amides is 1. The topological polar surface area (TPSA) is 76.8 Å². The number of likely N-dealkylation sites (N-methyl/N-ethyl adjacent to an activating group) is 1. The zero-order valence-electron chi connectivity index (χ0n) is 13.3. The van der Waals surface area contributed by atoms with Gasteiger partial charge in [-0.2, -0.15) is 0 Å². The van der Waals surface area contributed by atoms with E-state index in [0.29, 0.717) is 23.1 Å². The lowest BCUT2D eigenvalue weighted by atomic mass is 10.2. The third-order valence-electron chi connectivity index (χ3n) is 3.19. The largest absolute Gasteiger partial charge is 0.493 e. The Labute approximate surface area is 136 Å². The number of methoxy groups -OCH3 is 1. The molecule has 0 unspecified atom stereocenters. The molecule has 1 aromatic rings. The van der Waals surface area contributed by atoms with Crippen molar-refractivity contribution in [2.75, 3.05) is 40.4 Å². The van der Waals surface area contributed by atoms with Gasteiger partial charge in [0.2, 0.25) is 0 Å². The Bertz CT molecular complexity index is 497. The zero-order chi connectivity index (χ0) is 16.5. The van der Waals surface area contributed by atoms with Crippen molar-refractivity contribution < 1.29 is 14.3 Å². The Balaban J connectivity index is 2.66. The van der Waals surface area contributed by atoms with E-state index in [9.17, 15) is 4.79 Å². The van der Waals surface area contributed by atoms with Crippen molar-refractivity contribution in [3.8, 4) is 11.5 Å². The maximum Gasteiger partial charge on any atom is 0.255 e. The van der Waals surface area contributed by atoms with Gasteiger partial charge >= 0.3 is 0 Å². The first-order chi connectivity index (χ1) is 10.5. The van der Waals surface area contributed by atoms with Crippen LogP contribution in [-0.2, 0) is 11.3 Å². The van der Waals surface area contributed by atoms with Gasteiger partial charge in [0.15, 0.2) is 18.1 Å². The minimum Gasteiger partial charge on any atom is -0.493 e. The number of primary amides is 1. The molecule has 0 aliphatic heterocycles. The van der Waals surface area contributed by atoms with Gasteiger partial charge in [0.1, 0.15) is 0 Å². The van der Waals surface area contributed by atoms with Gasteiger partial charge in [0, 0.05) is 19.6 Å². The summed E-state index contributed by atoms with van der Waals surface area (Å²) in [4.78, 5) is 13.0. The lowest BCUT2D eigenvalue weighted by Gasteiger charge is -2.15. The SMILES string of the molecule is CCN(C)CCNCc1cc(Cl)c(OCC(N)=O)c(OC)c1. The molecule has 0 heterocycles. The predicted octanol–water partition coefficient (Wildman–Crippen LogP) is 1.25. The van der Waals surface area contributed by atoms with E-state index in [1.807, 2.05) is 6.07 Å². The van der Waals surface area contributed by atoms with Gasteiger partial charge in [0.25, 0.3) is 5.91 Å². The Morgan fingerprint density at radius 2 is 2.18 bits per heavy atom. The van der Waals surface area contributed by atoms with Gasteiger partial charge in [-0.1, -0.05) is 18.5 Å². The molecule has 0 atom stereocenters. The Kier molecular flexibility index (Phi) is 8.01. The molecule has 0 radical (unpaired) electrons. The number of hydrogen-bond acceptors (Lipinski definition) is 5. The minimum absolute atomic E-state index is 0.239. The van der Waals surface area contributed by atoms with Crippen molar-refractivity contribution in [3.05, 3.63) is 22.7 Å². The maximum atomic E-state index is 10.8. The average Bonchev–Trinajstić information content (AvgIpc) is 2.49. The molecule has 22 heavy (non-hydrogen) atoms. The van der Waals surface area contributed by atoms with E-state index in [2.05, 4.69) is 24.2 Å². The lowest BCUT2D eigenvalue weighted by Crippen LogP contribution is -2.28. The van der Waals surface area contributed by atoms with Crippen molar-refractivity contribution in [2.45, 2.75) is 13.5 Å². The monoisotopic (exact) mass is 329 g/mol. The van der Waals surface area contributed by atoms with E-state index in [-0.39, 0.29) is 6.61 Å². The first-order valence-electron chi connectivity index (χ1n) is 7.14. The van der Waals surface area contributed by atoms with E-state index in [1.54, 1.807) is 6.07 Å². The van der Waals surface area contributed by atoms with Gasteiger partial charge < -0.3 is 25.4 Å². The highest BCUT2D eigenvalue weighted by atomic mass is 35.5. The number of hydrogen-bond donors (Lipinski definition) is 2. The Hall–Kier alpha value is -1.50. The summed E-state index contributed by atoms with van der Waals surface area (Å²) in [7, 11) is 3.60. The number of ether oxygens (including phenoxy) is 2. The second-order valence-electron chi connectivity index (χ2n) is 4.94. The number of carbonyl (C=O) groups excluding carboxylic acids is 1. The molecule has 0 fully saturated rings. The third kappa shape index (κ3) is 6.09. The molecule has 7 heteroatoms. The summed E-state index contributed by atoms with van der Waals surface area (Å²) in [5.41, 5.74) is 6.05. The first kappa shape index (κ1) is 18.5. The van der Waals surface area contributed by atoms with E-state index >= 15 is 0 Å². The standard InChI is InChI=1S/C15H24ClN3O3/c1-4-19(2)6-5-18-9-11-7-12(16)15(13(8-11)21-3)22-10-14(17)20/h7-8,18H,4-6,9-10H2,1-3H3,(H2,17,20). The third-order valence-corrected chi connectivity index (χ3v) is 3.47. The number of nitrogens with two attached hydrogens (primary N) is 1. The summed E-state index contributed by atoms with van der Waals surface area (Å²) in [5.74, 6) is 0.248. The van der Waals surface area contributed by atoms with Gasteiger partial charge in [-0.05, 0) is 31.3 Å². The van der Waals surface area contributed by atoms with E-state index < -0.39 is 5.91 Å². The van der Waals surface area contributed by atoms with Crippen LogP contribution < -0.4 is 20.5 Å². The van der Waals surface area contributed by atoms with Crippen LogP contribution in [0.5, 0.6) is 11.5 Å². The van der Waals surface area contributed by atoms with Crippen molar-refractivity contribution >= 4 is 17.5 Å². The number of rotatable bonds is 10. The fourth-order valence-corrected chi connectivity index (χ4v) is 2.11. The fraction of sp³-hybridized carbons (Fsp3) is 0.533. The van der Waals surface area contributed by atoms with E-state index in [0.717, 1.165) is 25.2 Å². The summed E-state index contributed by atoms with van der Waals surface area (Å²) in [6.45, 7) is 5.43. The first-order valence-corrected chi connectivity index (χ1v) is 7.52. The van der Waals surface area contributed by atoms with Crippen LogP contribution in [0.4, 0.5) is 0 Å². The molecule has 0 saturated heterocycles. The van der Waals surface area contributed by atoms with Crippen LogP contribution in [0.25, 0.3) is 0 Å². The summed E-state index contributed by atoms with van der Waals surface area (Å²) in [5, 5.41) is 3.74. The average molecular weight is 330 g/mol. The number of benzene rings is 1. The maximum absolute atomic E-state index is 10.8. The Morgan fingerprint density at radius 3 is 2.77 bits per heavy atom. The van der Waals surface area contributed by atoms with Gasteiger partial charge in [-0.25, -0.2) is 0 Å². The quantitative estimate of drug-likeness (QED) is 0.632. The smallest absolute Gasteiger partial charge is 0.255 e. The molecule has 124 valence electrons. The summed E-state index contributed by atoms with van der Waals surface area (Å²) < 4.78 is 10.6. The number of carbonyl (C=O) groups is 1. The highest BCUT2D eigenvalue weighted by Crippen LogP contribution is 2.36. The summed E-state index contributed by atoms with van der Waals surface area (Å²) >= 11 is 6.19. The summed E-state index contributed by atoms with van der Waals surface area (Å²) in [6.07, 6.45) is 0. The van der Waals surface area contributed by atoms with E-state index in [1.165, 1.54) is 7.11 Å². The predicted molar refractivity (Wildman–Crippen MR) is 87.6 cm³/mol. The number of nitrogens with one attached hydrogen (secondary N) is 1. The van der Waals surface area contributed by atoms with Crippen LogP contribution in [0.2, 0.25) is 5.02 Å². The highest BCUT2D eigenvalue weighted by Gasteiger charge is 2.13. The molecule has 0 spiro atoms. The van der Waals surface area contributed by atoms with Crippen LogP contribution in [0.15, 0.2) is 12.1 Å². The fourth-order valence-electron chi connectivity index (χ4n) is 1.82. The van der Waals surface area contributed by atoms with Crippen molar-refractivity contribution in [1.82, 2.24) is 10.2 Å². The molecular formula is C15H24ClN3O3. The molecule has 1 rings (SSSR count). The van der Waals surface area contributed by atoms with Crippen LogP contribution in [0.3, 0.4) is 0 Å². The minimum atomic E-state index is -0.566. The highest BCUT2D eigenvalue weighted by molar-refractivity contribution is 6.32. The number of halogens is 1. The normalized spacial score (nSPS) is 10.8. The second kappa shape index (κ2) is 9.50. The zero-order valence-corrected chi connectivity index (χ0v) is 14.1. The van der Waals surface area contributed by atoms with Crippen LogP contribution in [0.1, 0.15) is 12.5 Å². The molecule has 1 aromatic carbocycles. The number of nitrogens with zero attached hydrogens (tertiary/aromatic N) is 1. The lowest BCUT2D eigenvalue weighted by molar-refractivity contribution is -0.119. The Morgan fingerprint density at radius 1 is 1.45 bits per heavy atom. The molecule has 1 amide bonds. The van der Waals surface area contributed by atoms with Gasteiger partial charge in [0.05, 0.1) is 12.1 Å². The molecule has 0 bridgehead atoms. The van der Waals surface area contributed by atoms with Crippen LogP contribution in [-0.4, -0.2) is 51.2 Å². The molecule has 0 saturated carbocycles. The van der Waals surface area contributed by atoms with Crippen LogP contribution >= 0.6 is 11.6 Å². The van der Waals surface area contributed by atoms with Crippen molar-refractivity contribution in [1.29, 1.82) is 0 Å². The van der Waals surface area contributed by atoms with Crippen LogP contribution in [0, 0.1) is 0 Å². The molecule has 0 aliphatic rings. The van der Waals surface area contributed by atoms with Gasteiger partial charge in [-0.15, -0.1) is 0 Å². The second-order valence-corrected chi connectivity index (χ2v) is 5.34. The molecule has 6 nitrogen and oxygen atoms in total. The molecule has 3 N–H and O–H groups in total. The molecule has 0 aliphatic carbocycles. The van der Waals surface area contributed by atoms with E-state index in [4.69, 9.17) is 26.8 Å². The van der Waals surface area contributed by atoms with Crippen molar-refractivity contribution in [3.63, 3.8) is 0 Å². The molecule has 0 aromatic heterocycles. The molecular weight excluding hydrogens is 306 g/mol.